The van der Waals surface area contributed by atoms with Crippen LogP contribution in [0, 0.1) is 0 Å². The summed E-state index contributed by atoms with van der Waals surface area (Å²) in [5.41, 5.74) is 1.09. The van der Waals surface area contributed by atoms with Gasteiger partial charge >= 0.3 is 0 Å². The van der Waals surface area contributed by atoms with E-state index in [1.165, 1.54) is 16.2 Å². The lowest BCUT2D eigenvalue weighted by Crippen LogP contribution is -3.13. The van der Waals surface area contributed by atoms with Gasteiger partial charge < -0.3 is 15.1 Å². The van der Waals surface area contributed by atoms with Crippen LogP contribution in [0.15, 0.2) is 24.3 Å². The SMILES string of the molecule is CCc1nc2sc([C@H](c3ccc(Cl)cc3)[NH+]3CCC(O)CC3)c(O)n2n1. The Labute approximate surface area is 160 Å². The molecule has 26 heavy (non-hydrogen) atoms. The molecule has 0 radical (unpaired) electrons. The standard InChI is InChI=1S/C18H21ClN4O2S/c1-2-14-20-18-23(21-14)17(25)16(26-18)15(11-3-5-12(19)6-4-11)22-9-7-13(24)8-10-22/h3-6,13,15,24-25H,2,7-10H2,1H3/p+1/t15-/m0/s1. The van der Waals surface area contributed by atoms with Crippen LogP contribution in [-0.2, 0) is 6.42 Å². The van der Waals surface area contributed by atoms with Crippen molar-refractivity contribution in [3.05, 3.63) is 45.6 Å². The molecule has 0 amide bonds. The van der Waals surface area contributed by atoms with Gasteiger partial charge in [0.15, 0.2) is 11.9 Å². The van der Waals surface area contributed by atoms with E-state index in [1.54, 1.807) is 4.52 Å². The number of hydrogen-bond donors (Lipinski definition) is 3. The van der Waals surface area contributed by atoms with Crippen molar-refractivity contribution >= 4 is 27.9 Å². The number of aryl methyl sites for hydroxylation is 1. The van der Waals surface area contributed by atoms with Crippen LogP contribution in [0.5, 0.6) is 5.88 Å². The van der Waals surface area contributed by atoms with Crippen LogP contribution in [0.3, 0.4) is 0 Å². The lowest BCUT2D eigenvalue weighted by molar-refractivity contribution is -0.931. The van der Waals surface area contributed by atoms with Crippen LogP contribution in [0.25, 0.3) is 4.96 Å². The normalized spacial score (nSPS) is 22.0. The maximum absolute atomic E-state index is 10.8. The minimum Gasteiger partial charge on any atom is -0.492 e. The first-order chi connectivity index (χ1) is 12.6. The Morgan fingerprint density at radius 3 is 2.62 bits per heavy atom. The van der Waals surface area contributed by atoms with Crippen LogP contribution in [0.1, 0.15) is 42.1 Å². The smallest absolute Gasteiger partial charge is 0.235 e. The largest absolute Gasteiger partial charge is 0.492 e. The van der Waals surface area contributed by atoms with E-state index in [2.05, 4.69) is 10.1 Å². The number of aromatic nitrogens is 3. The van der Waals surface area contributed by atoms with Crippen molar-refractivity contribution in [2.45, 2.75) is 38.3 Å². The van der Waals surface area contributed by atoms with Crippen LogP contribution < -0.4 is 4.90 Å². The average Bonchev–Trinajstić information content (AvgIpc) is 3.18. The van der Waals surface area contributed by atoms with Gasteiger partial charge in [-0.15, -0.1) is 5.10 Å². The summed E-state index contributed by atoms with van der Waals surface area (Å²) in [6.07, 6.45) is 2.04. The third-order valence-corrected chi connectivity index (χ3v) is 6.37. The number of quaternary nitrogens is 1. The minimum atomic E-state index is -0.229. The van der Waals surface area contributed by atoms with E-state index in [0.717, 1.165) is 48.6 Å². The Balaban J connectivity index is 1.78. The molecule has 4 rings (SSSR count). The minimum absolute atomic E-state index is 0.0293. The predicted molar refractivity (Wildman–Crippen MR) is 101 cm³/mol. The van der Waals surface area contributed by atoms with Gasteiger partial charge in [-0.25, -0.2) is 4.98 Å². The number of fused-ring (bicyclic) bond motifs is 1. The van der Waals surface area contributed by atoms with E-state index in [1.807, 2.05) is 31.2 Å². The zero-order chi connectivity index (χ0) is 18.3. The topological polar surface area (TPSA) is 75.1 Å². The van der Waals surface area contributed by atoms with E-state index in [-0.39, 0.29) is 18.0 Å². The molecule has 6 nitrogen and oxygen atoms in total. The molecule has 0 spiro atoms. The Bertz CT molecular complexity index is 900. The fraction of sp³-hybridized carbons (Fsp3) is 0.444. The van der Waals surface area contributed by atoms with Crippen molar-refractivity contribution in [2.24, 2.45) is 0 Å². The molecule has 1 aromatic carbocycles. The van der Waals surface area contributed by atoms with Crippen molar-refractivity contribution in [1.29, 1.82) is 0 Å². The van der Waals surface area contributed by atoms with Gasteiger partial charge in [0, 0.05) is 29.8 Å². The van der Waals surface area contributed by atoms with Crippen LogP contribution in [-0.4, -0.2) is 44.0 Å². The van der Waals surface area contributed by atoms with Gasteiger partial charge in [-0.2, -0.15) is 4.52 Å². The van der Waals surface area contributed by atoms with Crippen LogP contribution in [0.2, 0.25) is 5.02 Å². The maximum atomic E-state index is 10.8. The molecule has 0 saturated carbocycles. The van der Waals surface area contributed by atoms with Gasteiger partial charge in [0.05, 0.1) is 19.2 Å². The highest BCUT2D eigenvalue weighted by Crippen LogP contribution is 2.35. The van der Waals surface area contributed by atoms with E-state index >= 15 is 0 Å². The number of nitrogens with zero attached hydrogens (tertiary/aromatic N) is 3. The highest BCUT2D eigenvalue weighted by Gasteiger charge is 2.35. The zero-order valence-corrected chi connectivity index (χ0v) is 16.1. The highest BCUT2D eigenvalue weighted by atomic mass is 35.5. The third kappa shape index (κ3) is 3.20. The summed E-state index contributed by atoms with van der Waals surface area (Å²) in [7, 11) is 0. The molecule has 8 heteroatoms. The first kappa shape index (κ1) is 17.7. The Morgan fingerprint density at radius 1 is 1.31 bits per heavy atom. The number of rotatable bonds is 4. The second-order valence-corrected chi connectivity index (χ2v) is 8.19. The van der Waals surface area contributed by atoms with Crippen molar-refractivity contribution < 1.29 is 15.1 Å². The van der Waals surface area contributed by atoms with E-state index in [9.17, 15) is 10.2 Å². The number of halogens is 1. The molecule has 0 bridgehead atoms. The average molecular weight is 394 g/mol. The van der Waals surface area contributed by atoms with Crippen LogP contribution >= 0.6 is 22.9 Å². The summed E-state index contributed by atoms with van der Waals surface area (Å²) in [6, 6.07) is 7.75. The van der Waals surface area contributed by atoms with E-state index < -0.39 is 0 Å². The molecule has 1 atom stereocenters. The predicted octanol–water partition coefficient (Wildman–Crippen LogP) is 1.84. The zero-order valence-electron chi connectivity index (χ0n) is 14.5. The van der Waals surface area contributed by atoms with E-state index in [4.69, 9.17) is 11.6 Å². The number of benzene rings is 1. The van der Waals surface area contributed by atoms with Crippen molar-refractivity contribution in [3.8, 4) is 5.88 Å². The first-order valence-corrected chi connectivity index (χ1v) is 10.1. The number of aromatic hydroxyl groups is 1. The summed E-state index contributed by atoms with van der Waals surface area (Å²) >= 11 is 7.55. The van der Waals surface area contributed by atoms with E-state index in [0.29, 0.717) is 9.98 Å². The molecule has 1 aliphatic rings. The van der Waals surface area contributed by atoms with Gasteiger partial charge in [0.1, 0.15) is 4.88 Å². The van der Waals surface area contributed by atoms with Gasteiger partial charge in [0.2, 0.25) is 10.8 Å². The van der Waals surface area contributed by atoms with Crippen molar-refractivity contribution in [3.63, 3.8) is 0 Å². The van der Waals surface area contributed by atoms with Crippen molar-refractivity contribution in [1.82, 2.24) is 14.6 Å². The highest BCUT2D eigenvalue weighted by molar-refractivity contribution is 7.17. The molecular formula is C18H22ClN4O2S+. The summed E-state index contributed by atoms with van der Waals surface area (Å²) in [4.78, 5) is 7.40. The molecule has 3 heterocycles. The van der Waals surface area contributed by atoms with Gasteiger partial charge in [-0.3, -0.25) is 0 Å². The Kier molecular flexibility index (Phi) is 4.88. The number of aliphatic hydroxyl groups is 1. The summed E-state index contributed by atoms with van der Waals surface area (Å²) in [5.74, 6) is 0.894. The number of likely N-dealkylation sites (tertiary alicyclic amines) is 1. The molecule has 2 aromatic heterocycles. The quantitative estimate of drug-likeness (QED) is 0.632. The molecule has 3 aromatic rings. The first-order valence-electron chi connectivity index (χ1n) is 8.92. The fourth-order valence-electron chi connectivity index (χ4n) is 3.62. The lowest BCUT2D eigenvalue weighted by atomic mass is 9.99. The Morgan fingerprint density at radius 2 is 2.00 bits per heavy atom. The van der Waals surface area contributed by atoms with Crippen LogP contribution in [0.4, 0.5) is 0 Å². The summed E-state index contributed by atoms with van der Waals surface area (Å²) < 4.78 is 1.54. The molecule has 1 fully saturated rings. The Hall–Kier alpha value is -1.67. The maximum Gasteiger partial charge on any atom is 0.235 e. The lowest BCUT2D eigenvalue weighted by Gasteiger charge is -2.33. The number of piperidine rings is 1. The van der Waals surface area contributed by atoms with Gasteiger partial charge in [-0.1, -0.05) is 42.0 Å². The third-order valence-electron chi connectivity index (χ3n) is 5.03. The molecule has 3 N–H and O–H groups in total. The number of aliphatic hydroxyl groups excluding tert-OH is 1. The second kappa shape index (κ2) is 7.15. The van der Waals surface area contributed by atoms with Gasteiger partial charge in [0.25, 0.3) is 0 Å². The number of hydrogen-bond acceptors (Lipinski definition) is 5. The molecule has 1 saturated heterocycles. The molecule has 0 aliphatic carbocycles. The number of thiazole rings is 1. The molecule has 138 valence electrons. The fourth-order valence-corrected chi connectivity index (χ4v) is 4.90. The second-order valence-electron chi connectivity index (χ2n) is 6.74. The molecule has 1 aliphatic heterocycles. The van der Waals surface area contributed by atoms with Crippen molar-refractivity contribution in [2.75, 3.05) is 13.1 Å². The molecular weight excluding hydrogens is 372 g/mol. The summed E-state index contributed by atoms with van der Waals surface area (Å²) in [5, 5.41) is 25.8. The summed E-state index contributed by atoms with van der Waals surface area (Å²) in [6.45, 7) is 3.70. The number of nitrogens with one attached hydrogen (secondary N) is 1. The monoisotopic (exact) mass is 393 g/mol. The molecule has 0 unspecified atom stereocenters. The van der Waals surface area contributed by atoms with Gasteiger partial charge in [-0.05, 0) is 12.1 Å².